The first-order valence-electron chi connectivity index (χ1n) is 2.47. The maximum atomic E-state index is 10.2. The molecule has 4 nitrogen and oxygen atoms in total. The van der Waals surface area contributed by atoms with Gasteiger partial charge in [-0.05, 0) is 0 Å². The molecular formula is C5H9N2O2. The number of amides is 2. The number of primary amides is 2. The summed E-state index contributed by atoms with van der Waals surface area (Å²) in [5.41, 5.74) is 9.54. The minimum Gasteiger partial charge on any atom is -0.369 e. The van der Waals surface area contributed by atoms with Crippen LogP contribution in [0.15, 0.2) is 0 Å². The highest BCUT2D eigenvalue weighted by molar-refractivity contribution is 5.90. The molecule has 51 valence electrons. The monoisotopic (exact) mass is 129 g/mol. The van der Waals surface area contributed by atoms with Gasteiger partial charge < -0.3 is 11.5 Å². The summed E-state index contributed by atoms with van der Waals surface area (Å²) in [6.45, 7) is 1.51. The molecule has 0 saturated heterocycles. The van der Waals surface area contributed by atoms with E-state index in [-0.39, 0.29) is 0 Å². The zero-order chi connectivity index (χ0) is 7.44. The van der Waals surface area contributed by atoms with Gasteiger partial charge in [0, 0.05) is 5.92 Å². The van der Waals surface area contributed by atoms with E-state index in [0.717, 1.165) is 6.42 Å². The second kappa shape index (κ2) is 3.06. The summed E-state index contributed by atoms with van der Waals surface area (Å²) < 4.78 is 0. The maximum absolute atomic E-state index is 10.2. The highest BCUT2D eigenvalue weighted by atomic mass is 16.2. The first-order valence-corrected chi connectivity index (χ1v) is 2.47. The Balaban J connectivity index is 3.63. The van der Waals surface area contributed by atoms with E-state index in [1.165, 1.54) is 6.92 Å². The molecule has 0 unspecified atom stereocenters. The van der Waals surface area contributed by atoms with E-state index in [9.17, 15) is 9.59 Å². The molecule has 0 aromatic rings. The summed E-state index contributed by atoms with van der Waals surface area (Å²) in [6.07, 6.45) is 1.07. The second-order valence-electron chi connectivity index (χ2n) is 1.76. The van der Waals surface area contributed by atoms with Gasteiger partial charge in [0.1, 0.15) is 0 Å². The van der Waals surface area contributed by atoms with Gasteiger partial charge in [-0.1, -0.05) is 6.92 Å². The Kier molecular flexibility index (Phi) is 2.70. The topological polar surface area (TPSA) is 86.2 Å². The highest BCUT2D eigenvalue weighted by Gasteiger charge is 2.11. The third kappa shape index (κ3) is 3.52. The Labute approximate surface area is 53.2 Å². The van der Waals surface area contributed by atoms with Gasteiger partial charge in [0.05, 0.1) is 6.42 Å². The number of hydrogen-bond donors (Lipinski definition) is 2. The van der Waals surface area contributed by atoms with Crippen LogP contribution in [0.5, 0.6) is 0 Å². The largest absolute Gasteiger partial charge is 0.369 e. The molecule has 1 radical (unpaired) electrons. The van der Waals surface area contributed by atoms with Gasteiger partial charge in [0.25, 0.3) is 0 Å². The van der Waals surface area contributed by atoms with Crippen molar-refractivity contribution in [3.05, 3.63) is 6.42 Å². The number of hydrogen-bond acceptors (Lipinski definition) is 2. The van der Waals surface area contributed by atoms with Gasteiger partial charge in [-0.25, -0.2) is 0 Å². The van der Waals surface area contributed by atoms with Gasteiger partial charge in [-0.3, -0.25) is 9.59 Å². The fourth-order valence-electron chi connectivity index (χ4n) is 0.329. The Morgan fingerprint density at radius 1 is 1.44 bits per heavy atom. The van der Waals surface area contributed by atoms with Gasteiger partial charge >= 0.3 is 0 Å². The average Bonchev–Trinajstić information content (AvgIpc) is 1.63. The normalized spacial score (nSPS) is 12.6. The first-order chi connectivity index (χ1) is 4.04. The fraction of sp³-hybridized carbons (Fsp3) is 0.400. The minimum absolute atomic E-state index is 0.547. The molecule has 2 amide bonds. The smallest absolute Gasteiger partial charge is 0.222 e. The van der Waals surface area contributed by atoms with Crippen molar-refractivity contribution in [3.8, 4) is 0 Å². The zero-order valence-electron chi connectivity index (χ0n) is 5.13. The van der Waals surface area contributed by atoms with Crippen LogP contribution in [0.4, 0.5) is 0 Å². The third-order valence-electron chi connectivity index (χ3n) is 0.863. The Morgan fingerprint density at radius 2 is 1.89 bits per heavy atom. The summed E-state index contributed by atoms with van der Waals surface area (Å²) >= 11 is 0. The molecule has 0 spiro atoms. The van der Waals surface area contributed by atoms with E-state index in [0.29, 0.717) is 0 Å². The van der Waals surface area contributed by atoms with Crippen molar-refractivity contribution >= 4 is 11.8 Å². The third-order valence-corrected chi connectivity index (χ3v) is 0.863. The van der Waals surface area contributed by atoms with Crippen molar-refractivity contribution in [2.24, 2.45) is 17.4 Å². The standard InChI is InChI=1S/C5H9N2O2/c1-3(5(7)9)2-4(6)8/h2-3H,1H3,(H2,6,8)(H2,7,9)/t3-/m0/s1. The van der Waals surface area contributed by atoms with E-state index >= 15 is 0 Å². The molecule has 0 heterocycles. The number of nitrogens with two attached hydrogens (primary N) is 2. The molecule has 4 N–H and O–H groups in total. The molecule has 0 aliphatic rings. The summed E-state index contributed by atoms with van der Waals surface area (Å²) in [4.78, 5) is 20.3. The summed E-state index contributed by atoms with van der Waals surface area (Å²) in [7, 11) is 0. The van der Waals surface area contributed by atoms with E-state index in [4.69, 9.17) is 11.5 Å². The molecule has 0 aromatic carbocycles. The minimum atomic E-state index is -0.624. The molecule has 1 atom stereocenters. The van der Waals surface area contributed by atoms with Crippen LogP contribution in [0, 0.1) is 12.3 Å². The van der Waals surface area contributed by atoms with Crippen LogP contribution in [0.25, 0.3) is 0 Å². The number of carbonyl (C=O) groups is 2. The molecule has 0 fully saturated rings. The van der Waals surface area contributed by atoms with Crippen LogP contribution in [0.1, 0.15) is 6.92 Å². The molecule has 0 rings (SSSR count). The molecule has 0 aliphatic heterocycles. The van der Waals surface area contributed by atoms with E-state index in [1.807, 2.05) is 0 Å². The molecule has 0 saturated carbocycles. The fourth-order valence-corrected chi connectivity index (χ4v) is 0.329. The van der Waals surface area contributed by atoms with Crippen LogP contribution in [0.3, 0.4) is 0 Å². The van der Waals surface area contributed by atoms with Crippen LogP contribution < -0.4 is 11.5 Å². The van der Waals surface area contributed by atoms with Gasteiger partial charge in [0.2, 0.25) is 11.8 Å². The number of carbonyl (C=O) groups excluding carboxylic acids is 2. The van der Waals surface area contributed by atoms with Crippen LogP contribution in [0.2, 0.25) is 0 Å². The van der Waals surface area contributed by atoms with Crippen LogP contribution >= 0.6 is 0 Å². The maximum Gasteiger partial charge on any atom is 0.222 e. The van der Waals surface area contributed by atoms with Crippen molar-refractivity contribution in [1.82, 2.24) is 0 Å². The summed E-state index contributed by atoms with van der Waals surface area (Å²) in [6, 6.07) is 0. The van der Waals surface area contributed by atoms with Gasteiger partial charge in [-0.2, -0.15) is 0 Å². The van der Waals surface area contributed by atoms with Crippen molar-refractivity contribution < 1.29 is 9.59 Å². The Morgan fingerprint density at radius 3 is 2.00 bits per heavy atom. The van der Waals surface area contributed by atoms with Gasteiger partial charge in [0.15, 0.2) is 0 Å². The molecular weight excluding hydrogens is 120 g/mol. The highest BCUT2D eigenvalue weighted by Crippen LogP contribution is 1.95. The second-order valence-corrected chi connectivity index (χ2v) is 1.76. The van der Waals surface area contributed by atoms with E-state index in [2.05, 4.69) is 0 Å². The molecule has 0 aliphatic carbocycles. The Hall–Kier alpha value is -1.06. The lowest BCUT2D eigenvalue weighted by Gasteiger charge is -2.00. The summed E-state index contributed by atoms with van der Waals surface area (Å²) in [5.74, 6) is -1.74. The predicted octanol–water partition coefficient (Wildman–Crippen LogP) is -1.20. The van der Waals surface area contributed by atoms with Crippen LogP contribution in [-0.2, 0) is 9.59 Å². The van der Waals surface area contributed by atoms with E-state index in [1.54, 1.807) is 0 Å². The lowest BCUT2D eigenvalue weighted by atomic mass is 10.1. The SMILES string of the molecule is C[C@@H]([CH]C(N)=O)C(N)=O. The van der Waals surface area contributed by atoms with Crippen molar-refractivity contribution in [1.29, 1.82) is 0 Å². The van der Waals surface area contributed by atoms with Crippen molar-refractivity contribution in [3.63, 3.8) is 0 Å². The molecule has 9 heavy (non-hydrogen) atoms. The van der Waals surface area contributed by atoms with Crippen molar-refractivity contribution in [2.75, 3.05) is 0 Å². The lowest BCUT2D eigenvalue weighted by Crippen LogP contribution is -2.26. The lowest BCUT2D eigenvalue weighted by molar-refractivity contribution is -0.123. The number of rotatable bonds is 3. The van der Waals surface area contributed by atoms with E-state index < -0.39 is 17.7 Å². The molecule has 4 heteroatoms. The first kappa shape index (κ1) is 7.94. The molecule has 0 aromatic heterocycles. The Bertz CT molecular complexity index is 133. The van der Waals surface area contributed by atoms with Crippen molar-refractivity contribution in [2.45, 2.75) is 6.92 Å². The van der Waals surface area contributed by atoms with Gasteiger partial charge in [-0.15, -0.1) is 0 Å². The average molecular weight is 129 g/mol. The zero-order valence-corrected chi connectivity index (χ0v) is 5.13. The quantitative estimate of drug-likeness (QED) is 0.501. The predicted molar refractivity (Wildman–Crippen MR) is 31.9 cm³/mol. The van der Waals surface area contributed by atoms with Crippen LogP contribution in [-0.4, -0.2) is 11.8 Å². The molecule has 0 bridgehead atoms. The summed E-state index contributed by atoms with van der Waals surface area (Å²) in [5, 5.41) is 0.